The van der Waals surface area contributed by atoms with Crippen LogP contribution in [0.5, 0.6) is 0 Å². The van der Waals surface area contributed by atoms with Gasteiger partial charge in [-0.25, -0.2) is 0 Å². The average Bonchev–Trinajstić information content (AvgIpc) is 2.63. The lowest BCUT2D eigenvalue weighted by Crippen LogP contribution is -2.42. The molecule has 1 aromatic rings. The number of nitrogens with zero attached hydrogens (tertiary/aromatic N) is 2. The van der Waals surface area contributed by atoms with Crippen molar-refractivity contribution >= 4 is 0 Å². The lowest BCUT2D eigenvalue weighted by atomic mass is 9.94. The summed E-state index contributed by atoms with van der Waals surface area (Å²) in [6.07, 6.45) is 4.30. The Balaban J connectivity index is 2.19. The van der Waals surface area contributed by atoms with Crippen LogP contribution >= 0.6 is 0 Å². The molecule has 1 fully saturated rings. The number of aliphatic hydroxyl groups is 1. The third-order valence-electron chi connectivity index (χ3n) is 3.40. The molecule has 1 saturated heterocycles. The Morgan fingerprint density at radius 1 is 1.44 bits per heavy atom. The second-order valence-electron chi connectivity index (χ2n) is 5.62. The fourth-order valence-electron chi connectivity index (χ4n) is 2.24. The molecular weight excluding hydrogens is 200 g/mol. The number of hydrogen-bond acceptors (Lipinski definition) is 3. The molecule has 0 spiro atoms. The summed E-state index contributed by atoms with van der Waals surface area (Å²) in [6.45, 7) is 8.18. The highest BCUT2D eigenvalue weighted by atomic mass is 16.3. The highest BCUT2D eigenvalue weighted by Gasteiger charge is 2.41. The largest absolute Gasteiger partial charge is 0.384 e. The van der Waals surface area contributed by atoms with Gasteiger partial charge in [-0.2, -0.15) is 0 Å². The highest BCUT2D eigenvalue weighted by Crippen LogP contribution is 2.34. The molecule has 0 saturated carbocycles. The Morgan fingerprint density at radius 2 is 2.19 bits per heavy atom. The van der Waals surface area contributed by atoms with Gasteiger partial charge in [0.2, 0.25) is 0 Å². The maximum atomic E-state index is 10.6. The average molecular weight is 220 g/mol. The SMILES string of the molecule is CC(C)(C)N1CCC(O)(c2cccnc2)C1. The maximum Gasteiger partial charge on any atom is 0.105 e. The van der Waals surface area contributed by atoms with Crippen molar-refractivity contribution in [2.75, 3.05) is 13.1 Å². The first-order chi connectivity index (χ1) is 7.42. The second kappa shape index (κ2) is 3.82. The molecule has 0 aromatic carbocycles. The van der Waals surface area contributed by atoms with Crippen molar-refractivity contribution in [2.45, 2.75) is 38.3 Å². The Hall–Kier alpha value is -0.930. The molecule has 0 aliphatic carbocycles. The van der Waals surface area contributed by atoms with Gasteiger partial charge < -0.3 is 5.11 Å². The molecule has 3 nitrogen and oxygen atoms in total. The van der Waals surface area contributed by atoms with Gasteiger partial charge in [0.1, 0.15) is 5.60 Å². The Kier molecular flexibility index (Phi) is 2.76. The number of likely N-dealkylation sites (tertiary alicyclic amines) is 1. The zero-order valence-electron chi connectivity index (χ0n) is 10.3. The van der Waals surface area contributed by atoms with E-state index in [9.17, 15) is 5.11 Å². The van der Waals surface area contributed by atoms with Gasteiger partial charge in [-0.05, 0) is 33.3 Å². The van der Waals surface area contributed by atoms with Crippen LogP contribution in [-0.4, -0.2) is 33.6 Å². The number of pyridine rings is 1. The van der Waals surface area contributed by atoms with Gasteiger partial charge in [0.25, 0.3) is 0 Å². The monoisotopic (exact) mass is 220 g/mol. The van der Waals surface area contributed by atoms with Crippen LogP contribution < -0.4 is 0 Å². The third-order valence-corrected chi connectivity index (χ3v) is 3.40. The minimum atomic E-state index is -0.721. The fourth-order valence-corrected chi connectivity index (χ4v) is 2.24. The van der Waals surface area contributed by atoms with Crippen LogP contribution in [0.2, 0.25) is 0 Å². The standard InChI is InChI=1S/C13H20N2O/c1-12(2,3)15-8-6-13(16,10-15)11-5-4-7-14-9-11/h4-5,7,9,16H,6,8,10H2,1-3H3. The Labute approximate surface area is 97.1 Å². The van der Waals surface area contributed by atoms with Crippen LogP contribution in [0.4, 0.5) is 0 Å². The van der Waals surface area contributed by atoms with Gasteiger partial charge in [-0.3, -0.25) is 9.88 Å². The van der Waals surface area contributed by atoms with Crippen molar-refractivity contribution < 1.29 is 5.11 Å². The zero-order chi connectivity index (χ0) is 11.8. The van der Waals surface area contributed by atoms with Crippen molar-refractivity contribution in [3.8, 4) is 0 Å². The molecule has 1 aromatic heterocycles. The Bertz CT molecular complexity index is 358. The number of β-amino-alcohol motifs (C(OH)–C–C–N with tert-alkyl or cyclic N) is 1. The first-order valence-corrected chi connectivity index (χ1v) is 5.80. The quantitative estimate of drug-likeness (QED) is 0.783. The molecule has 1 aliphatic rings. The minimum absolute atomic E-state index is 0.118. The summed E-state index contributed by atoms with van der Waals surface area (Å²) < 4.78 is 0. The zero-order valence-corrected chi connectivity index (χ0v) is 10.3. The summed E-state index contributed by atoms with van der Waals surface area (Å²) in [5.74, 6) is 0. The van der Waals surface area contributed by atoms with Crippen molar-refractivity contribution in [3.05, 3.63) is 30.1 Å². The molecule has 1 atom stereocenters. The summed E-state index contributed by atoms with van der Waals surface area (Å²) in [6, 6.07) is 3.84. The molecule has 0 bridgehead atoms. The molecule has 2 rings (SSSR count). The first-order valence-electron chi connectivity index (χ1n) is 5.80. The van der Waals surface area contributed by atoms with Gasteiger partial charge in [0.05, 0.1) is 0 Å². The molecule has 1 unspecified atom stereocenters. The van der Waals surface area contributed by atoms with E-state index in [0.717, 1.165) is 18.5 Å². The van der Waals surface area contributed by atoms with Gasteiger partial charge in [-0.1, -0.05) is 6.07 Å². The highest BCUT2D eigenvalue weighted by molar-refractivity contribution is 5.20. The molecule has 3 heteroatoms. The summed E-state index contributed by atoms with van der Waals surface area (Å²) in [5, 5.41) is 10.6. The van der Waals surface area contributed by atoms with Crippen LogP contribution in [-0.2, 0) is 5.60 Å². The molecule has 2 heterocycles. The van der Waals surface area contributed by atoms with Crippen LogP contribution in [0.25, 0.3) is 0 Å². The first kappa shape index (κ1) is 11.6. The van der Waals surface area contributed by atoms with E-state index in [1.165, 1.54) is 0 Å². The summed E-state index contributed by atoms with van der Waals surface area (Å²) >= 11 is 0. The number of hydrogen-bond donors (Lipinski definition) is 1. The predicted molar refractivity (Wildman–Crippen MR) is 64.1 cm³/mol. The van der Waals surface area contributed by atoms with Gasteiger partial charge >= 0.3 is 0 Å². The predicted octanol–water partition coefficient (Wildman–Crippen LogP) is 1.77. The van der Waals surface area contributed by atoms with E-state index in [0.29, 0.717) is 6.54 Å². The van der Waals surface area contributed by atoms with Crippen LogP contribution in [0.1, 0.15) is 32.8 Å². The van der Waals surface area contributed by atoms with Crippen LogP contribution in [0.15, 0.2) is 24.5 Å². The molecule has 16 heavy (non-hydrogen) atoms. The van der Waals surface area contributed by atoms with E-state index >= 15 is 0 Å². The molecule has 88 valence electrons. The Morgan fingerprint density at radius 3 is 2.69 bits per heavy atom. The normalized spacial score (nSPS) is 27.2. The smallest absolute Gasteiger partial charge is 0.105 e. The fraction of sp³-hybridized carbons (Fsp3) is 0.615. The van der Waals surface area contributed by atoms with Crippen molar-refractivity contribution in [1.29, 1.82) is 0 Å². The molecule has 0 radical (unpaired) electrons. The van der Waals surface area contributed by atoms with E-state index in [1.807, 2.05) is 12.1 Å². The third kappa shape index (κ3) is 2.11. The topological polar surface area (TPSA) is 36.4 Å². The summed E-state index contributed by atoms with van der Waals surface area (Å²) in [5.41, 5.74) is 0.329. The van der Waals surface area contributed by atoms with Crippen molar-refractivity contribution in [3.63, 3.8) is 0 Å². The number of aromatic nitrogens is 1. The van der Waals surface area contributed by atoms with E-state index in [1.54, 1.807) is 12.4 Å². The maximum absolute atomic E-state index is 10.6. The van der Waals surface area contributed by atoms with Crippen LogP contribution in [0, 0.1) is 0 Å². The molecule has 0 amide bonds. The minimum Gasteiger partial charge on any atom is -0.384 e. The van der Waals surface area contributed by atoms with Crippen molar-refractivity contribution in [1.82, 2.24) is 9.88 Å². The van der Waals surface area contributed by atoms with E-state index in [4.69, 9.17) is 0 Å². The lowest BCUT2D eigenvalue weighted by molar-refractivity contribution is 0.0323. The lowest BCUT2D eigenvalue weighted by Gasteiger charge is -2.33. The number of rotatable bonds is 1. The van der Waals surface area contributed by atoms with Gasteiger partial charge in [-0.15, -0.1) is 0 Å². The second-order valence-corrected chi connectivity index (χ2v) is 5.62. The van der Waals surface area contributed by atoms with E-state index in [-0.39, 0.29) is 5.54 Å². The van der Waals surface area contributed by atoms with E-state index in [2.05, 4.69) is 30.7 Å². The summed E-state index contributed by atoms with van der Waals surface area (Å²) in [4.78, 5) is 6.40. The van der Waals surface area contributed by atoms with Gasteiger partial charge in [0.15, 0.2) is 0 Å². The molecule has 1 aliphatic heterocycles. The van der Waals surface area contributed by atoms with E-state index < -0.39 is 5.60 Å². The molecular formula is C13H20N2O. The van der Waals surface area contributed by atoms with Crippen LogP contribution in [0.3, 0.4) is 0 Å². The molecule has 1 N–H and O–H groups in total. The van der Waals surface area contributed by atoms with Crippen molar-refractivity contribution in [2.24, 2.45) is 0 Å². The van der Waals surface area contributed by atoms with Gasteiger partial charge in [0, 0.05) is 36.6 Å². The summed E-state index contributed by atoms with van der Waals surface area (Å²) in [7, 11) is 0.